The Morgan fingerprint density at radius 3 is 2.41 bits per heavy atom. The second-order valence-electron chi connectivity index (χ2n) is 7.31. The van der Waals surface area contributed by atoms with Crippen molar-refractivity contribution in [2.24, 2.45) is 0 Å². The van der Waals surface area contributed by atoms with E-state index in [9.17, 15) is 4.79 Å². The van der Waals surface area contributed by atoms with Gasteiger partial charge >= 0.3 is 31.1 Å². The van der Waals surface area contributed by atoms with Crippen LogP contribution in [0.4, 0.5) is 5.69 Å². The molecule has 3 rings (SSSR count). The van der Waals surface area contributed by atoms with Gasteiger partial charge in [-0.2, -0.15) is 12.1 Å². The number of carbonyl (C=O) groups excluding carboxylic acids is 1. The van der Waals surface area contributed by atoms with Crippen LogP contribution in [-0.4, -0.2) is 28.0 Å². The van der Waals surface area contributed by atoms with Crippen molar-refractivity contribution in [1.29, 1.82) is 0 Å². The van der Waals surface area contributed by atoms with E-state index in [-0.39, 0.29) is 55.6 Å². The molecule has 0 radical (unpaired) electrons. The van der Waals surface area contributed by atoms with Crippen LogP contribution in [0, 0.1) is 51.5 Å². The minimum Gasteiger partial charge on any atom is -0.520 e. The summed E-state index contributed by atoms with van der Waals surface area (Å²) in [6, 6.07) is 16.1. The average molecular weight is 617 g/mol. The molecule has 1 aromatic heterocycles. The Kier molecular flexibility index (Phi) is 8.68. The molecule has 0 fully saturated rings. The van der Waals surface area contributed by atoms with Crippen molar-refractivity contribution in [1.82, 2.24) is 15.0 Å². The van der Waals surface area contributed by atoms with Gasteiger partial charge in [-0.05, 0) is 35.7 Å². The molecular weight excluding hydrogens is 590 g/mol. The van der Waals surface area contributed by atoms with E-state index in [2.05, 4.69) is 42.5 Å². The van der Waals surface area contributed by atoms with E-state index >= 15 is 0 Å². The topological polar surface area (TPSA) is 69.0 Å². The van der Waals surface area contributed by atoms with Crippen LogP contribution in [-0.2, 0) is 5.41 Å². The number of aromatic nitrogens is 3. The van der Waals surface area contributed by atoms with Gasteiger partial charge in [0.1, 0.15) is 0 Å². The fraction of sp³-hybridized carbons (Fsp3) is 0.273. The summed E-state index contributed by atoms with van der Waals surface area (Å²) in [4.78, 5) is 12.6. The van der Waals surface area contributed by atoms with Gasteiger partial charge < -0.3 is 17.5 Å². The first-order valence-corrected chi connectivity index (χ1v) is 8.70. The molecule has 1 N–H and O–H groups in total. The summed E-state index contributed by atoms with van der Waals surface area (Å²) < 4.78 is 6.93. The summed E-state index contributed by atoms with van der Waals surface area (Å²) >= 11 is 0. The molecule has 2 aromatic carbocycles. The normalized spacial score (nSPS) is 10.5. The molecule has 1 heterocycles. The SMILES string of the molecule is COc1cc[c-]cc1-n1nnc(C(=O)Nc2ccc(C(C)(C)C)cc2)c1C.[CH3-].[U+2]. The van der Waals surface area contributed by atoms with Crippen molar-refractivity contribution in [3.63, 3.8) is 0 Å². The van der Waals surface area contributed by atoms with Crippen molar-refractivity contribution in [2.45, 2.75) is 33.1 Å². The van der Waals surface area contributed by atoms with Crippen LogP contribution < -0.4 is 10.1 Å². The van der Waals surface area contributed by atoms with E-state index in [1.54, 1.807) is 36.9 Å². The van der Waals surface area contributed by atoms with Crippen LogP contribution >= 0.6 is 0 Å². The molecule has 3 aromatic rings. The van der Waals surface area contributed by atoms with Crippen molar-refractivity contribution in [3.8, 4) is 11.4 Å². The maximum atomic E-state index is 12.6. The Bertz CT molecular complexity index is 960. The van der Waals surface area contributed by atoms with Gasteiger partial charge in [-0.1, -0.05) is 38.1 Å². The molecule has 150 valence electrons. The molecule has 29 heavy (non-hydrogen) atoms. The molecular formula is C22H26N4O2U. The number of hydrogen-bond acceptors (Lipinski definition) is 4. The van der Waals surface area contributed by atoms with Crippen molar-refractivity contribution in [2.75, 3.05) is 12.4 Å². The molecule has 0 saturated heterocycles. The first-order valence-electron chi connectivity index (χ1n) is 8.70. The number of methoxy groups -OCH3 is 1. The molecule has 1 amide bonds. The third kappa shape index (κ3) is 5.49. The van der Waals surface area contributed by atoms with E-state index in [4.69, 9.17) is 4.74 Å². The molecule has 0 atom stereocenters. The first kappa shape index (κ1) is 24.9. The van der Waals surface area contributed by atoms with Gasteiger partial charge in [0.15, 0.2) is 5.69 Å². The van der Waals surface area contributed by atoms with Gasteiger partial charge in [0, 0.05) is 11.4 Å². The summed E-state index contributed by atoms with van der Waals surface area (Å²) in [5.41, 5.74) is 3.55. The van der Waals surface area contributed by atoms with E-state index in [1.807, 2.05) is 24.3 Å². The summed E-state index contributed by atoms with van der Waals surface area (Å²) in [5.74, 6) is 0.326. The summed E-state index contributed by atoms with van der Waals surface area (Å²) in [6.07, 6.45) is 0. The zero-order chi connectivity index (χ0) is 19.6. The minimum atomic E-state index is -0.305. The van der Waals surface area contributed by atoms with E-state index in [1.165, 1.54) is 5.56 Å². The number of benzene rings is 2. The number of hydrogen-bond donors (Lipinski definition) is 1. The van der Waals surface area contributed by atoms with Crippen LogP contribution in [0.5, 0.6) is 5.75 Å². The zero-order valence-corrected chi connectivity index (χ0v) is 21.9. The van der Waals surface area contributed by atoms with Crippen LogP contribution in [0.2, 0.25) is 0 Å². The fourth-order valence-corrected chi connectivity index (χ4v) is 2.76. The summed E-state index contributed by atoms with van der Waals surface area (Å²) in [7, 11) is 1.58. The van der Waals surface area contributed by atoms with Gasteiger partial charge in [0.05, 0.1) is 12.8 Å². The predicted octanol–water partition coefficient (Wildman–Crippen LogP) is 4.38. The molecule has 0 aliphatic rings. The number of nitrogens with zero attached hydrogens (tertiary/aromatic N) is 3. The Labute approximate surface area is 196 Å². The van der Waals surface area contributed by atoms with Gasteiger partial charge in [0.2, 0.25) is 0 Å². The van der Waals surface area contributed by atoms with Gasteiger partial charge in [-0.3, -0.25) is 9.48 Å². The maximum absolute atomic E-state index is 12.6. The Hall–Kier alpha value is -2.10. The number of anilines is 1. The number of amides is 1. The number of carbonyl (C=O) groups is 1. The van der Waals surface area contributed by atoms with Crippen LogP contribution in [0.25, 0.3) is 5.69 Å². The number of rotatable bonds is 4. The minimum absolute atomic E-state index is 0. The molecule has 0 aliphatic carbocycles. The molecule has 0 bridgehead atoms. The summed E-state index contributed by atoms with van der Waals surface area (Å²) in [6.45, 7) is 8.25. The number of nitrogens with one attached hydrogen (secondary N) is 1. The van der Waals surface area contributed by atoms with Crippen LogP contribution in [0.15, 0.2) is 42.5 Å². The smallest absolute Gasteiger partial charge is 0.520 e. The Morgan fingerprint density at radius 2 is 1.83 bits per heavy atom. The fourth-order valence-electron chi connectivity index (χ4n) is 2.76. The van der Waals surface area contributed by atoms with Gasteiger partial charge in [-0.25, -0.2) is 0 Å². The zero-order valence-electron chi connectivity index (χ0n) is 17.7. The Balaban J connectivity index is 0.00000210. The van der Waals surface area contributed by atoms with Crippen LogP contribution in [0.3, 0.4) is 0 Å². The van der Waals surface area contributed by atoms with Crippen molar-refractivity contribution < 1.29 is 40.6 Å². The Morgan fingerprint density at radius 1 is 1.17 bits per heavy atom. The molecule has 0 unspecified atom stereocenters. The molecule has 7 heteroatoms. The maximum Gasteiger partial charge on any atom is 2.00 e. The third-order valence-electron chi connectivity index (χ3n) is 4.37. The van der Waals surface area contributed by atoms with Gasteiger partial charge in [0.25, 0.3) is 5.91 Å². The monoisotopic (exact) mass is 616 g/mol. The van der Waals surface area contributed by atoms with Crippen LogP contribution in [0.1, 0.15) is 42.5 Å². The predicted molar refractivity (Wildman–Crippen MR) is 111 cm³/mol. The van der Waals surface area contributed by atoms with E-state index in [0.29, 0.717) is 22.8 Å². The van der Waals surface area contributed by atoms with E-state index in [0.717, 1.165) is 0 Å². The second-order valence-corrected chi connectivity index (χ2v) is 7.31. The first-order chi connectivity index (χ1) is 12.8. The molecule has 0 spiro atoms. The quantitative estimate of drug-likeness (QED) is 0.442. The number of ether oxygens (including phenoxy) is 1. The van der Waals surface area contributed by atoms with E-state index < -0.39 is 0 Å². The summed E-state index contributed by atoms with van der Waals surface area (Å²) in [5, 5.41) is 11.0. The molecule has 6 nitrogen and oxygen atoms in total. The molecule has 0 saturated carbocycles. The largest absolute Gasteiger partial charge is 2.00 e. The van der Waals surface area contributed by atoms with Crippen molar-refractivity contribution >= 4 is 11.6 Å². The second kappa shape index (κ2) is 10.1. The van der Waals surface area contributed by atoms with Gasteiger partial charge in [-0.15, -0.1) is 17.2 Å². The molecule has 0 aliphatic heterocycles. The average Bonchev–Trinajstić information content (AvgIpc) is 3.02. The third-order valence-corrected chi connectivity index (χ3v) is 4.37. The van der Waals surface area contributed by atoms with Crippen molar-refractivity contribution in [3.05, 3.63) is 72.9 Å². The standard InChI is InChI=1S/C21H23N4O2.CH3.U/c1-14-19(23-24-25(14)17-8-6-7-9-18(17)27-5)20(26)22-16-12-10-15(11-13-16)21(2,3)4;;/h7-13H,1-5H3,(H,22,26);1H3;/q2*-1;+2.